The Morgan fingerprint density at radius 1 is 0.943 bits per heavy atom. The summed E-state index contributed by atoms with van der Waals surface area (Å²) in [5.74, 6) is -0.168. The molecule has 176 valence electrons. The maximum Gasteiger partial charge on any atom is 0.326 e. The van der Waals surface area contributed by atoms with Gasteiger partial charge in [0.2, 0.25) is 5.82 Å². The summed E-state index contributed by atoms with van der Waals surface area (Å²) >= 11 is 0. The van der Waals surface area contributed by atoms with Gasteiger partial charge < -0.3 is 9.84 Å². The number of amides is 2. The lowest BCUT2D eigenvalue weighted by molar-refractivity contribution is 0.244. The number of aryl methyl sites for hydroxylation is 1. The van der Waals surface area contributed by atoms with Gasteiger partial charge in [-0.05, 0) is 60.9 Å². The molecule has 1 atom stereocenters. The Hall–Kier alpha value is -4.33. The van der Waals surface area contributed by atoms with E-state index in [-0.39, 0.29) is 11.7 Å². The van der Waals surface area contributed by atoms with Gasteiger partial charge in [-0.15, -0.1) is 0 Å². The van der Waals surface area contributed by atoms with Gasteiger partial charge in [-0.25, -0.2) is 13.6 Å². The van der Waals surface area contributed by atoms with Crippen molar-refractivity contribution in [2.75, 3.05) is 4.90 Å². The number of nitrogens with zero attached hydrogens (tertiary/aromatic N) is 3. The number of urea groups is 1. The molecule has 0 fully saturated rings. The van der Waals surface area contributed by atoms with E-state index >= 15 is 0 Å². The van der Waals surface area contributed by atoms with Crippen molar-refractivity contribution < 1.29 is 18.1 Å². The van der Waals surface area contributed by atoms with Crippen molar-refractivity contribution in [3.8, 4) is 11.4 Å². The number of carbonyl (C=O) groups excluding carboxylic acids is 1. The van der Waals surface area contributed by atoms with Crippen molar-refractivity contribution >= 4 is 17.3 Å². The predicted octanol–water partition coefficient (Wildman–Crippen LogP) is 6.28. The maximum atomic E-state index is 13.6. The van der Waals surface area contributed by atoms with E-state index in [0.29, 0.717) is 28.3 Å². The third-order valence-electron chi connectivity index (χ3n) is 6.05. The summed E-state index contributed by atoms with van der Waals surface area (Å²) < 4.78 is 32.8. The molecule has 1 aliphatic heterocycles. The quantitative estimate of drug-likeness (QED) is 0.371. The smallest absolute Gasteiger partial charge is 0.326 e. The number of carbonyl (C=O) groups is 1. The first kappa shape index (κ1) is 22.5. The number of hydrogen-bond donors (Lipinski definition) is 1. The molecule has 0 saturated carbocycles. The fourth-order valence-electron chi connectivity index (χ4n) is 4.17. The van der Waals surface area contributed by atoms with Crippen LogP contribution in [0.5, 0.6) is 0 Å². The average Bonchev–Trinajstić information content (AvgIpc) is 3.35. The molecule has 1 aromatic heterocycles. The second-order valence-electron chi connectivity index (χ2n) is 8.22. The third-order valence-corrected chi connectivity index (χ3v) is 6.05. The molecular weight excluding hydrogens is 450 g/mol. The van der Waals surface area contributed by atoms with Crippen LogP contribution in [0.25, 0.3) is 17.0 Å². The van der Waals surface area contributed by atoms with Crippen molar-refractivity contribution in [1.82, 2.24) is 15.5 Å². The zero-order chi connectivity index (χ0) is 24.5. The summed E-state index contributed by atoms with van der Waals surface area (Å²) in [7, 11) is 0. The van der Waals surface area contributed by atoms with E-state index in [9.17, 15) is 13.6 Å². The lowest BCUT2D eigenvalue weighted by atomic mass is 9.94. The summed E-state index contributed by atoms with van der Waals surface area (Å²) in [6.07, 6.45) is 0.919. The lowest BCUT2D eigenvalue weighted by Gasteiger charge is -2.35. The first-order chi connectivity index (χ1) is 16.9. The molecule has 0 saturated heterocycles. The highest BCUT2D eigenvalue weighted by atomic mass is 19.1. The van der Waals surface area contributed by atoms with Crippen molar-refractivity contribution in [2.24, 2.45) is 0 Å². The summed E-state index contributed by atoms with van der Waals surface area (Å²) in [5.41, 5.74) is 4.21. The van der Waals surface area contributed by atoms with Gasteiger partial charge in [0.1, 0.15) is 11.6 Å². The second kappa shape index (κ2) is 9.13. The van der Waals surface area contributed by atoms with Gasteiger partial charge in [0.25, 0.3) is 5.89 Å². The van der Waals surface area contributed by atoms with Crippen LogP contribution < -0.4 is 10.2 Å². The predicted molar refractivity (Wildman–Crippen MR) is 128 cm³/mol. The van der Waals surface area contributed by atoms with Crippen molar-refractivity contribution in [1.29, 1.82) is 0 Å². The van der Waals surface area contributed by atoms with Gasteiger partial charge in [-0.1, -0.05) is 48.5 Å². The average molecular weight is 472 g/mol. The van der Waals surface area contributed by atoms with Crippen LogP contribution >= 0.6 is 0 Å². The molecule has 8 heteroatoms. The number of benzene rings is 3. The SMILES string of the molecule is CCc1ccc(-c2noc(C3=C(C)N(c4ccc(F)cc4)C(=O)NC3c3ccc(F)cc3)n2)cc1. The fourth-order valence-corrected chi connectivity index (χ4v) is 4.17. The third kappa shape index (κ3) is 4.30. The molecule has 35 heavy (non-hydrogen) atoms. The van der Waals surface area contributed by atoms with Gasteiger partial charge >= 0.3 is 6.03 Å². The van der Waals surface area contributed by atoms with Crippen molar-refractivity contribution in [3.63, 3.8) is 0 Å². The Morgan fingerprint density at radius 3 is 2.20 bits per heavy atom. The van der Waals surface area contributed by atoms with Crippen LogP contribution in [0.1, 0.15) is 36.9 Å². The van der Waals surface area contributed by atoms with E-state index in [1.807, 2.05) is 24.3 Å². The van der Waals surface area contributed by atoms with E-state index < -0.39 is 17.9 Å². The fraction of sp³-hybridized carbons (Fsp3) is 0.148. The first-order valence-electron chi connectivity index (χ1n) is 11.2. The summed E-state index contributed by atoms with van der Waals surface area (Å²) in [6.45, 7) is 3.84. The molecule has 1 unspecified atom stereocenters. The zero-order valence-electron chi connectivity index (χ0n) is 19.1. The molecule has 1 N–H and O–H groups in total. The molecule has 0 aliphatic carbocycles. The largest absolute Gasteiger partial charge is 0.334 e. The Kier molecular flexibility index (Phi) is 5.86. The molecule has 4 aromatic rings. The molecule has 2 heterocycles. The number of nitrogens with one attached hydrogen (secondary N) is 1. The number of rotatable bonds is 5. The normalized spacial score (nSPS) is 15.9. The molecule has 0 spiro atoms. The summed E-state index contributed by atoms with van der Waals surface area (Å²) in [5, 5.41) is 7.10. The van der Waals surface area contributed by atoms with E-state index in [1.165, 1.54) is 46.9 Å². The van der Waals surface area contributed by atoms with Crippen LogP contribution in [-0.2, 0) is 6.42 Å². The Balaban J connectivity index is 1.62. The zero-order valence-corrected chi connectivity index (χ0v) is 19.1. The first-order valence-corrected chi connectivity index (χ1v) is 11.2. The molecular formula is C27H22F2N4O2. The molecule has 1 aliphatic rings. The summed E-state index contributed by atoms with van der Waals surface area (Å²) in [4.78, 5) is 19.2. The molecule has 6 nitrogen and oxygen atoms in total. The minimum Gasteiger partial charge on any atom is -0.334 e. The standard InChI is InChI=1S/C27H22F2N4O2/c1-3-17-4-6-19(7-5-17)25-31-26(35-32-25)23-16(2)33(22-14-12-21(29)13-15-22)27(34)30-24(23)18-8-10-20(28)11-9-18/h4-15,24H,3H2,1-2H3,(H,30,34). The highest BCUT2D eigenvalue weighted by molar-refractivity contribution is 6.01. The van der Waals surface area contributed by atoms with E-state index in [4.69, 9.17) is 4.52 Å². The van der Waals surface area contributed by atoms with Gasteiger partial charge in [0, 0.05) is 11.3 Å². The molecule has 0 bridgehead atoms. The molecule has 0 radical (unpaired) electrons. The monoisotopic (exact) mass is 472 g/mol. The van der Waals surface area contributed by atoms with Crippen LogP contribution in [0, 0.1) is 11.6 Å². The van der Waals surface area contributed by atoms with Crippen LogP contribution in [-0.4, -0.2) is 16.2 Å². The number of anilines is 1. The number of halogens is 2. The summed E-state index contributed by atoms with van der Waals surface area (Å²) in [6, 6.07) is 18.3. The van der Waals surface area contributed by atoms with Gasteiger partial charge in [0.15, 0.2) is 0 Å². The van der Waals surface area contributed by atoms with Crippen LogP contribution in [0.2, 0.25) is 0 Å². The van der Waals surface area contributed by atoms with Gasteiger partial charge in [-0.3, -0.25) is 4.90 Å². The minimum absolute atomic E-state index is 0.221. The van der Waals surface area contributed by atoms with Crippen molar-refractivity contribution in [3.05, 3.63) is 107 Å². The van der Waals surface area contributed by atoms with E-state index in [1.54, 1.807) is 19.1 Å². The molecule has 5 rings (SSSR count). The minimum atomic E-state index is -0.657. The number of hydrogen-bond acceptors (Lipinski definition) is 4. The number of allylic oxidation sites excluding steroid dienone is 1. The van der Waals surface area contributed by atoms with E-state index in [2.05, 4.69) is 22.4 Å². The maximum absolute atomic E-state index is 13.6. The molecule has 3 aromatic carbocycles. The van der Waals surface area contributed by atoms with Crippen LogP contribution in [0.3, 0.4) is 0 Å². The topological polar surface area (TPSA) is 71.3 Å². The van der Waals surface area contributed by atoms with Crippen molar-refractivity contribution in [2.45, 2.75) is 26.3 Å². The van der Waals surface area contributed by atoms with Crippen LogP contribution in [0.4, 0.5) is 19.3 Å². The highest BCUT2D eigenvalue weighted by Gasteiger charge is 2.36. The second-order valence-corrected chi connectivity index (χ2v) is 8.22. The molecule has 2 amide bonds. The van der Waals surface area contributed by atoms with Crippen LogP contribution in [0.15, 0.2) is 83.0 Å². The van der Waals surface area contributed by atoms with Gasteiger partial charge in [-0.2, -0.15) is 4.98 Å². The Bertz CT molecular complexity index is 1390. The highest BCUT2D eigenvalue weighted by Crippen LogP contribution is 2.39. The van der Waals surface area contributed by atoms with Gasteiger partial charge in [0.05, 0.1) is 17.3 Å². The lowest BCUT2D eigenvalue weighted by Crippen LogP contribution is -2.46. The van der Waals surface area contributed by atoms with E-state index in [0.717, 1.165) is 12.0 Å². The Labute approximate surface area is 200 Å². The number of aromatic nitrogens is 2. The Morgan fingerprint density at radius 2 is 1.57 bits per heavy atom.